The Labute approximate surface area is 206 Å². The lowest BCUT2D eigenvalue weighted by atomic mass is 9.76. The zero-order valence-electron chi connectivity index (χ0n) is 20.8. The third kappa shape index (κ3) is 5.27. The Hall–Kier alpha value is -2.74. The number of morpholine rings is 1. The van der Waals surface area contributed by atoms with Crippen LogP contribution < -0.4 is 5.32 Å². The van der Waals surface area contributed by atoms with Crippen LogP contribution in [0.1, 0.15) is 57.2 Å². The number of allylic oxidation sites excluding steroid dienone is 1. The van der Waals surface area contributed by atoms with Gasteiger partial charge in [0.25, 0.3) is 0 Å². The van der Waals surface area contributed by atoms with Gasteiger partial charge in [0.1, 0.15) is 5.82 Å². The van der Waals surface area contributed by atoms with Crippen LogP contribution in [0.4, 0.5) is 10.2 Å². The second-order valence-electron chi connectivity index (χ2n) is 11.1. The van der Waals surface area contributed by atoms with Crippen molar-refractivity contribution in [1.29, 1.82) is 0 Å². The minimum Gasteiger partial charge on any atom is -0.378 e. The number of fused-ring (bicyclic) bond motifs is 1. The molecule has 8 heteroatoms. The predicted molar refractivity (Wildman–Crippen MR) is 133 cm³/mol. The van der Waals surface area contributed by atoms with Crippen LogP contribution in [0.3, 0.4) is 0 Å². The van der Waals surface area contributed by atoms with Crippen LogP contribution in [0, 0.1) is 23.2 Å². The highest BCUT2D eigenvalue weighted by atomic mass is 19.1. The van der Waals surface area contributed by atoms with E-state index in [-0.39, 0.29) is 23.2 Å². The first-order valence-corrected chi connectivity index (χ1v) is 12.9. The van der Waals surface area contributed by atoms with Gasteiger partial charge >= 0.3 is 0 Å². The number of H-pyrrole nitrogens is 1. The Balaban J connectivity index is 1.23. The lowest BCUT2D eigenvalue weighted by Gasteiger charge is -2.34. The average Bonchev–Trinajstić information content (AvgIpc) is 3.26. The summed E-state index contributed by atoms with van der Waals surface area (Å²) in [6.45, 7) is 11.4. The molecule has 3 aliphatic rings. The third-order valence-corrected chi connectivity index (χ3v) is 7.91. The van der Waals surface area contributed by atoms with Crippen molar-refractivity contribution in [2.75, 3.05) is 31.6 Å². The molecule has 35 heavy (non-hydrogen) atoms. The van der Waals surface area contributed by atoms with Gasteiger partial charge in [-0.25, -0.2) is 4.98 Å². The van der Waals surface area contributed by atoms with Gasteiger partial charge in [0.15, 0.2) is 0 Å². The summed E-state index contributed by atoms with van der Waals surface area (Å²) in [5, 5.41) is 11.0. The van der Waals surface area contributed by atoms with Crippen LogP contribution >= 0.6 is 0 Å². The molecule has 2 N–H and O–H groups in total. The zero-order valence-corrected chi connectivity index (χ0v) is 20.8. The number of nitrogens with one attached hydrogen (secondary N) is 2. The number of pyridine rings is 1. The summed E-state index contributed by atoms with van der Waals surface area (Å²) in [6, 6.07) is 3.31. The number of anilines is 1. The third-order valence-electron chi connectivity index (χ3n) is 7.91. The maximum Gasteiger partial charge on any atom is 0.225 e. The van der Waals surface area contributed by atoms with Gasteiger partial charge in [-0.15, -0.1) is 0 Å². The largest absolute Gasteiger partial charge is 0.378 e. The number of hydrogen-bond acceptors (Lipinski definition) is 5. The first-order chi connectivity index (χ1) is 16.8. The Kier molecular flexibility index (Phi) is 6.66. The van der Waals surface area contributed by atoms with Gasteiger partial charge in [0.05, 0.1) is 18.9 Å². The second-order valence-corrected chi connectivity index (χ2v) is 11.1. The molecule has 0 atom stereocenters. The van der Waals surface area contributed by atoms with E-state index < -0.39 is 5.95 Å². The Bertz CT molecular complexity index is 1100. The molecule has 1 aliphatic heterocycles. The Morgan fingerprint density at radius 3 is 2.66 bits per heavy atom. The zero-order chi connectivity index (χ0) is 24.6. The van der Waals surface area contributed by atoms with Crippen molar-refractivity contribution in [3.63, 3.8) is 0 Å². The summed E-state index contributed by atoms with van der Waals surface area (Å²) >= 11 is 0. The molecule has 0 aromatic carbocycles. The standard InChI is InChI=1S/C27H36FN5O2/c1-17(18-4-6-19(7-5-18)26(34)33-10-12-35-13-11-33)29-24-15-20(14-23(28)30-24)25-21-8-9-27(2,3)16-22(21)31-32-25/h14-15,18-19H,1,4-13,16H2,2-3H3,(H,29,30)(H,31,32). The van der Waals surface area contributed by atoms with Crippen LogP contribution in [0.15, 0.2) is 24.4 Å². The van der Waals surface area contributed by atoms with Crippen molar-refractivity contribution in [2.24, 2.45) is 17.3 Å². The van der Waals surface area contributed by atoms with Crippen LogP contribution in [0.5, 0.6) is 0 Å². The molecule has 3 heterocycles. The van der Waals surface area contributed by atoms with Gasteiger partial charge in [0.2, 0.25) is 11.9 Å². The fourth-order valence-electron chi connectivity index (χ4n) is 5.78. The number of amides is 1. The SMILES string of the molecule is C=C(Nc1cc(-c2n[nH]c3c2CCC(C)(C)C3)cc(F)n1)C1CCC(C(=O)N2CCOCC2)CC1. The molecule has 0 bridgehead atoms. The summed E-state index contributed by atoms with van der Waals surface area (Å²) in [7, 11) is 0. The monoisotopic (exact) mass is 481 g/mol. The number of aromatic nitrogens is 3. The van der Waals surface area contributed by atoms with E-state index in [0.29, 0.717) is 32.1 Å². The molecule has 0 spiro atoms. The molecule has 0 unspecified atom stereocenters. The Morgan fingerprint density at radius 2 is 1.91 bits per heavy atom. The van der Waals surface area contributed by atoms with Crippen molar-refractivity contribution in [1.82, 2.24) is 20.1 Å². The number of carbonyl (C=O) groups is 1. The molecule has 2 aromatic rings. The highest BCUT2D eigenvalue weighted by Gasteiger charge is 2.32. The lowest BCUT2D eigenvalue weighted by molar-refractivity contribution is -0.140. The molecule has 7 nitrogen and oxygen atoms in total. The molecule has 5 rings (SSSR count). The first kappa shape index (κ1) is 24.0. The molecule has 1 saturated carbocycles. The highest BCUT2D eigenvalue weighted by molar-refractivity contribution is 5.79. The molecule has 2 fully saturated rings. The quantitative estimate of drug-likeness (QED) is 0.604. The minimum absolute atomic E-state index is 0.0758. The van der Waals surface area contributed by atoms with Crippen LogP contribution in [0.2, 0.25) is 0 Å². The summed E-state index contributed by atoms with van der Waals surface area (Å²) in [5.74, 6) is 0.479. The summed E-state index contributed by atoms with van der Waals surface area (Å²) < 4.78 is 19.9. The maximum absolute atomic E-state index is 14.5. The van der Waals surface area contributed by atoms with Crippen molar-refractivity contribution in [3.8, 4) is 11.3 Å². The number of nitrogens with zero attached hydrogens (tertiary/aromatic N) is 3. The van der Waals surface area contributed by atoms with Gasteiger partial charge in [-0.2, -0.15) is 9.49 Å². The maximum atomic E-state index is 14.5. The highest BCUT2D eigenvalue weighted by Crippen LogP contribution is 2.39. The van der Waals surface area contributed by atoms with E-state index >= 15 is 0 Å². The number of aromatic amines is 1. The average molecular weight is 482 g/mol. The number of ether oxygens (including phenoxy) is 1. The first-order valence-electron chi connectivity index (χ1n) is 12.9. The normalized spacial score (nSPS) is 24.0. The van der Waals surface area contributed by atoms with Crippen molar-refractivity contribution in [2.45, 2.75) is 58.8 Å². The number of halogens is 1. The van der Waals surface area contributed by atoms with Gasteiger partial charge in [0, 0.05) is 47.6 Å². The fourth-order valence-corrected chi connectivity index (χ4v) is 5.78. The molecule has 1 saturated heterocycles. The molecular formula is C27H36FN5O2. The van der Waals surface area contributed by atoms with Crippen molar-refractivity contribution >= 4 is 11.7 Å². The molecule has 0 radical (unpaired) electrons. The van der Waals surface area contributed by atoms with Crippen LogP contribution in [-0.2, 0) is 22.4 Å². The van der Waals surface area contributed by atoms with E-state index in [0.717, 1.165) is 67.6 Å². The smallest absolute Gasteiger partial charge is 0.225 e. The van der Waals surface area contributed by atoms with Crippen LogP contribution in [-0.4, -0.2) is 52.3 Å². The van der Waals surface area contributed by atoms with E-state index in [1.165, 1.54) is 11.6 Å². The van der Waals surface area contributed by atoms with Gasteiger partial charge in [-0.3, -0.25) is 9.89 Å². The van der Waals surface area contributed by atoms with E-state index in [2.05, 4.69) is 40.9 Å². The number of rotatable bonds is 5. The fraction of sp³-hybridized carbons (Fsp3) is 0.593. The minimum atomic E-state index is -0.537. The molecule has 1 amide bonds. The molecule has 2 aliphatic carbocycles. The molecular weight excluding hydrogens is 445 g/mol. The topological polar surface area (TPSA) is 83.1 Å². The van der Waals surface area contributed by atoms with E-state index in [1.54, 1.807) is 0 Å². The van der Waals surface area contributed by atoms with E-state index in [1.807, 2.05) is 11.0 Å². The lowest BCUT2D eigenvalue weighted by Crippen LogP contribution is -2.44. The molecule has 188 valence electrons. The molecule has 2 aromatic heterocycles. The Morgan fingerprint density at radius 1 is 1.20 bits per heavy atom. The van der Waals surface area contributed by atoms with Gasteiger partial charge in [-0.1, -0.05) is 20.4 Å². The van der Waals surface area contributed by atoms with Crippen molar-refractivity contribution < 1.29 is 13.9 Å². The number of carbonyl (C=O) groups excluding carboxylic acids is 1. The summed E-state index contributed by atoms with van der Waals surface area (Å²) in [5.41, 5.74) is 4.95. The van der Waals surface area contributed by atoms with Crippen LogP contribution in [0.25, 0.3) is 11.3 Å². The second kappa shape index (κ2) is 9.72. The van der Waals surface area contributed by atoms with Gasteiger partial charge in [-0.05, 0) is 62.3 Å². The summed E-state index contributed by atoms with van der Waals surface area (Å²) in [4.78, 5) is 18.8. The predicted octanol–water partition coefficient (Wildman–Crippen LogP) is 4.72. The number of hydrogen-bond donors (Lipinski definition) is 2. The van der Waals surface area contributed by atoms with E-state index in [4.69, 9.17) is 4.74 Å². The van der Waals surface area contributed by atoms with Crippen molar-refractivity contribution in [3.05, 3.63) is 41.6 Å². The van der Waals surface area contributed by atoms with Gasteiger partial charge < -0.3 is 15.0 Å². The van der Waals surface area contributed by atoms with E-state index in [9.17, 15) is 9.18 Å². The summed E-state index contributed by atoms with van der Waals surface area (Å²) in [6.07, 6.45) is 6.42.